The predicted molar refractivity (Wildman–Crippen MR) is 282 cm³/mol. The van der Waals surface area contributed by atoms with Crippen LogP contribution in [0.5, 0.6) is 5.75 Å². The molecule has 4 heterocycles. The van der Waals surface area contributed by atoms with E-state index >= 15 is 19.2 Å². The monoisotopic (exact) mass is 1010 g/mol. The summed E-state index contributed by atoms with van der Waals surface area (Å²) in [5.41, 5.74) is 3.01. The molecule has 4 amide bonds. The van der Waals surface area contributed by atoms with Gasteiger partial charge in [0.2, 0.25) is 11.8 Å². The molecule has 15 nitrogen and oxygen atoms in total. The number of imide groups is 1. The van der Waals surface area contributed by atoms with Crippen molar-refractivity contribution in [2.24, 2.45) is 11.8 Å². The van der Waals surface area contributed by atoms with Gasteiger partial charge < -0.3 is 39.6 Å². The highest BCUT2D eigenvalue weighted by molar-refractivity contribution is 6.25. The summed E-state index contributed by atoms with van der Waals surface area (Å²) in [4.78, 5) is 82.4. The molecule has 5 aliphatic rings. The van der Waals surface area contributed by atoms with Gasteiger partial charge in [0, 0.05) is 30.0 Å². The minimum Gasteiger partial charge on any atom is -0.491 e. The normalized spacial score (nSPS) is 23.5. The van der Waals surface area contributed by atoms with Crippen LogP contribution in [0.15, 0.2) is 139 Å². The van der Waals surface area contributed by atoms with Crippen molar-refractivity contribution in [2.45, 2.75) is 75.2 Å². The Morgan fingerprint density at radius 1 is 0.827 bits per heavy atom. The number of benzene rings is 5. The fourth-order valence-corrected chi connectivity index (χ4v) is 11.6. The number of allylic oxidation sites excluding steroid dienone is 2. The van der Waals surface area contributed by atoms with E-state index in [0.29, 0.717) is 54.4 Å². The summed E-state index contributed by atoms with van der Waals surface area (Å²) in [6.07, 6.45) is 4.99. The first-order valence-electron chi connectivity index (χ1n) is 25.8. The molecule has 0 radical (unpaired) electrons. The minimum atomic E-state index is -2.12. The number of hydrogen-bond donors (Lipinski definition) is 3. The maximum absolute atomic E-state index is 16.9. The van der Waals surface area contributed by atoms with Crippen LogP contribution in [0.4, 0.5) is 21.9 Å². The SMILES string of the molecule is COC(=O)C(NC(=O)N1C(=O)C2(c3cc(C#CC4=CCCCC4)ccc31)C(C(=O)Nc1ccc(N3CCOCC3)cc1)C1C(=O)OC(c3ccccc3)C(c3ccccc3)N1C2c1cccc(OCCO)c1)C(C)C. The summed E-state index contributed by atoms with van der Waals surface area (Å²) < 4.78 is 23.4. The van der Waals surface area contributed by atoms with Gasteiger partial charge in [-0.2, -0.15) is 0 Å². The molecule has 0 bridgehead atoms. The van der Waals surface area contributed by atoms with Crippen LogP contribution < -0.4 is 25.2 Å². The molecule has 7 unspecified atom stereocenters. The van der Waals surface area contributed by atoms with Gasteiger partial charge >= 0.3 is 18.0 Å². The molecular formula is C60H61N5O10. The maximum Gasteiger partial charge on any atom is 0.329 e. The molecule has 3 N–H and O–H groups in total. The Morgan fingerprint density at radius 3 is 2.23 bits per heavy atom. The largest absolute Gasteiger partial charge is 0.491 e. The Morgan fingerprint density at radius 2 is 1.55 bits per heavy atom. The van der Waals surface area contributed by atoms with Gasteiger partial charge in [-0.05, 0) is 114 Å². The Balaban J connectivity index is 1.25. The lowest BCUT2D eigenvalue weighted by atomic mass is 9.65. The van der Waals surface area contributed by atoms with Crippen molar-refractivity contribution in [2.75, 3.05) is 61.7 Å². The van der Waals surface area contributed by atoms with E-state index in [4.69, 9.17) is 18.9 Å². The van der Waals surface area contributed by atoms with Crippen molar-refractivity contribution in [3.8, 4) is 17.6 Å². The van der Waals surface area contributed by atoms with Gasteiger partial charge in [-0.25, -0.2) is 14.5 Å². The van der Waals surface area contributed by atoms with E-state index in [1.807, 2.05) is 83.8 Å². The quantitative estimate of drug-likeness (QED) is 0.0814. The third-order valence-corrected chi connectivity index (χ3v) is 15.0. The van der Waals surface area contributed by atoms with Gasteiger partial charge in [0.25, 0.3) is 0 Å². The predicted octanol–water partition coefficient (Wildman–Crippen LogP) is 7.96. The molecule has 4 aliphatic heterocycles. The van der Waals surface area contributed by atoms with Gasteiger partial charge in [-0.3, -0.25) is 19.3 Å². The molecule has 1 spiro atoms. The topological polar surface area (TPSA) is 176 Å². The lowest BCUT2D eigenvalue weighted by Gasteiger charge is -2.46. The lowest BCUT2D eigenvalue weighted by Crippen LogP contribution is -2.57. The summed E-state index contributed by atoms with van der Waals surface area (Å²) >= 11 is 0. The average molecular weight is 1010 g/mol. The zero-order valence-corrected chi connectivity index (χ0v) is 42.3. The van der Waals surface area contributed by atoms with Crippen molar-refractivity contribution in [3.63, 3.8) is 0 Å². The molecule has 5 aromatic carbocycles. The van der Waals surface area contributed by atoms with Crippen LogP contribution in [0.25, 0.3) is 0 Å². The summed E-state index contributed by atoms with van der Waals surface area (Å²) in [5, 5.41) is 15.9. The first-order chi connectivity index (χ1) is 36.5. The number of aliphatic hydroxyl groups excluding tert-OH is 1. The van der Waals surface area contributed by atoms with Crippen molar-refractivity contribution in [3.05, 3.63) is 167 Å². The number of nitrogens with one attached hydrogen (secondary N) is 2. The number of carbonyl (C=O) groups is 5. The van der Waals surface area contributed by atoms with Crippen LogP contribution in [-0.4, -0.2) is 98.5 Å². The van der Waals surface area contributed by atoms with Crippen LogP contribution in [-0.2, 0) is 38.8 Å². The maximum atomic E-state index is 16.9. The molecule has 75 heavy (non-hydrogen) atoms. The molecule has 10 rings (SSSR count). The summed E-state index contributed by atoms with van der Waals surface area (Å²) in [5.74, 6) is 2.03. The van der Waals surface area contributed by atoms with Gasteiger partial charge in [-0.15, -0.1) is 0 Å². The van der Waals surface area contributed by atoms with E-state index in [1.54, 1.807) is 62.4 Å². The first kappa shape index (κ1) is 50.7. The van der Waals surface area contributed by atoms with Crippen molar-refractivity contribution >= 4 is 46.8 Å². The van der Waals surface area contributed by atoms with Gasteiger partial charge in [0.05, 0.1) is 50.6 Å². The van der Waals surface area contributed by atoms with Crippen LogP contribution in [0.1, 0.15) is 85.5 Å². The number of esters is 2. The first-order valence-corrected chi connectivity index (χ1v) is 25.8. The second-order valence-electron chi connectivity index (χ2n) is 19.8. The zero-order chi connectivity index (χ0) is 52.2. The van der Waals surface area contributed by atoms with E-state index in [-0.39, 0.29) is 24.5 Å². The molecule has 386 valence electrons. The van der Waals surface area contributed by atoms with Crippen LogP contribution in [0.3, 0.4) is 0 Å². The Bertz CT molecular complexity index is 3040. The smallest absolute Gasteiger partial charge is 0.329 e. The van der Waals surface area contributed by atoms with E-state index in [0.717, 1.165) is 47.4 Å². The number of morpholine rings is 2. The number of methoxy groups -OCH3 is 1. The highest BCUT2D eigenvalue weighted by atomic mass is 16.6. The van der Waals surface area contributed by atoms with Crippen molar-refractivity contribution in [1.82, 2.24) is 10.2 Å². The number of ether oxygens (including phenoxy) is 4. The molecule has 15 heteroatoms. The molecular weight excluding hydrogens is 951 g/mol. The third-order valence-electron chi connectivity index (χ3n) is 15.0. The fourth-order valence-electron chi connectivity index (χ4n) is 11.6. The number of urea groups is 1. The second-order valence-corrected chi connectivity index (χ2v) is 19.8. The highest BCUT2D eigenvalue weighted by Gasteiger charge is 2.75. The zero-order valence-electron chi connectivity index (χ0n) is 42.3. The number of hydrogen-bond acceptors (Lipinski definition) is 12. The number of nitrogens with zero attached hydrogens (tertiary/aromatic N) is 3. The molecule has 3 saturated heterocycles. The lowest BCUT2D eigenvalue weighted by molar-refractivity contribution is -0.177. The van der Waals surface area contributed by atoms with Crippen LogP contribution >= 0.6 is 0 Å². The van der Waals surface area contributed by atoms with Crippen LogP contribution in [0.2, 0.25) is 0 Å². The van der Waals surface area contributed by atoms with Gasteiger partial charge in [0.1, 0.15) is 36.0 Å². The summed E-state index contributed by atoms with van der Waals surface area (Å²) in [6.45, 7) is 5.74. The Labute approximate surface area is 436 Å². The molecule has 7 atom stereocenters. The number of aliphatic hydroxyl groups is 1. The van der Waals surface area contributed by atoms with Crippen molar-refractivity contribution in [1.29, 1.82) is 0 Å². The molecule has 0 aromatic heterocycles. The number of amides is 4. The summed E-state index contributed by atoms with van der Waals surface area (Å²) in [6, 6.07) is 32.9. The number of carbonyl (C=O) groups excluding carboxylic acids is 5. The van der Waals surface area contributed by atoms with Gasteiger partial charge in [-0.1, -0.05) is 105 Å². The average Bonchev–Trinajstić information content (AvgIpc) is 4.02. The van der Waals surface area contributed by atoms with E-state index in [2.05, 4.69) is 33.5 Å². The van der Waals surface area contributed by atoms with E-state index in [9.17, 15) is 9.90 Å². The number of anilines is 3. The Kier molecular flexibility index (Phi) is 14.9. The number of fused-ring (bicyclic) bond motifs is 3. The minimum absolute atomic E-state index is 0.0403. The molecule has 1 aliphatic carbocycles. The van der Waals surface area contributed by atoms with Crippen LogP contribution in [0, 0.1) is 23.7 Å². The molecule has 3 fully saturated rings. The van der Waals surface area contributed by atoms with E-state index in [1.165, 1.54) is 7.11 Å². The number of rotatable bonds is 12. The standard InChI is InChI=1S/C60H61N5O10/c1-38(2)50(56(68)72-3)62-59(71)64-48-29-24-40(23-22-39-14-7-4-8-15-39)36-47(48)60(58(64)70)49(55(67)61-44-25-27-45(28-26-44)63-30-33-73-34-31-63)52-57(69)75-53(42-18-11-6-12-19-42)51(41-16-9-5-10-17-41)65(52)54(60)43-20-13-21-46(37-43)74-35-32-66/h5-6,9-14,16-21,24-29,36-38,49-54,66H,4,7-8,15,30-35H2,1-3H3,(H,61,67)(H,62,71). The molecule has 5 aromatic rings. The van der Waals surface area contributed by atoms with Gasteiger partial charge in [0.15, 0.2) is 0 Å². The van der Waals surface area contributed by atoms with E-state index < -0.39 is 77.3 Å². The highest BCUT2D eigenvalue weighted by Crippen LogP contribution is 2.66. The second kappa shape index (κ2) is 22.0. The Hall–Kier alpha value is -7.77. The fraction of sp³-hybridized carbons (Fsp3) is 0.350. The summed E-state index contributed by atoms with van der Waals surface area (Å²) in [7, 11) is 1.23. The number of cyclic esters (lactones) is 1. The van der Waals surface area contributed by atoms with Crippen molar-refractivity contribution < 1.29 is 48.0 Å². The molecule has 0 saturated carbocycles. The third kappa shape index (κ3) is 9.65.